The Bertz CT molecular complexity index is 458. The number of hydrogen-bond donors (Lipinski definition) is 2. The van der Waals surface area contributed by atoms with Crippen molar-refractivity contribution in [3.05, 3.63) is 29.8 Å². The summed E-state index contributed by atoms with van der Waals surface area (Å²) < 4.78 is 0. The van der Waals surface area contributed by atoms with E-state index in [1.165, 1.54) is 12.8 Å². The number of aryl methyl sites for hydroxylation is 1. The van der Waals surface area contributed by atoms with Gasteiger partial charge >= 0.3 is 0 Å². The van der Waals surface area contributed by atoms with E-state index in [4.69, 9.17) is 5.73 Å². The number of amides is 1. The van der Waals surface area contributed by atoms with Crippen LogP contribution in [0.25, 0.3) is 0 Å². The lowest BCUT2D eigenvalue weighted by molar-refractivity contribution is -0.122. The number of hydrogen-bond acceptors (Lipinski definition) is 2. The summed E-state index contributed by atoms with van der Waals surface area (Å²) in [6.07, 6.45) is 4.94. The summed E-state index contributed by atoms with van der Waals surface area (Å²) in [4.78, 5) is 12.1. The molecule has 0 aromatic heterocycles. The molecule has 1 aromatic carbocycles. The smallest absolute Gasteiger partial charge is 0.220 e. The molecule has 0 saturated heterocycles. The van der Waals surface area contributed by atoms with Crippen molar-refractivity contribution < 1.29 is 4.79 Å². The van der Waals surface area contributed by atoms with Gasteiger partial charge in [-0.1, -0.05) is 38.8 Å². The Morgan fingerprint density at radius 1 is 1.35 bits per heavy atom. The zero-order valence-corrected chi connectivity index (χ0v) is 12.6. The zero-order chi connectivity index (χ0) is 14.5. The predicted octanol–water partition coefficient (Wildman–Crippen LogP) is 3.14. The zero-order valence-electron chi connectivity index (χ0n) is 12.6. The van der Waals surface area contributed by atoms with E-state index in [1.807, 2.05) is 24.3 Å². The van der Waals surface area contributed by atoms with Gasteiger partial charge in [0.1, 0.15) is 0 Å². The van der Waals surface area contributed by atoms with E-state index in [-0.39, 0.29) is 5.91 Å². The Kier molecular flexibility index (Phi) is 5.05. The Morgan fingerprint density at radius 2 is 2.15 bits per heavy atom. The Morgan fingerprint density at radius 3 is 2.90 bits per heavy atom. The monoisotopic (exact) mass is 274 g/mol. The summed E-state index contributed by atoms with van der Waals surface area (Å²) in [5, 5.41) is 3.21. The molecule has 2 rings (SSSR count). The number of carbonyl (C=O) groups is 1. The number of nitrogens with one attached hydrogen (secondary N) is 1. The fraction of sp³-hybridized carbons (Fsp3) is 0.588. The first kappa shape index (κ1) is 14.9. The van der Waals surface area contributed by atoms with Gasteiger partial charge < -0.3 is 11.1 Å². The third kappa shape index (κ3) is 3.99. The molecule has 3 nitrogen and oxygen atoms in total. The Hall–Kier alpha value is -1.51. The van der Waals surface area contributed by atoms with E-state index in [0.717, 1.165) is 24.1 Å². The molecule has 3 N–H and O–H groups in total. The molecule has 0 radical (unpaired) electrons. The van der Waals surface area contributed by atoms with E-state index in [2.05, 4.69) is 19.2 Å². The quantitative estimate of drug-likeness (QED) is 0.829. The molecule has 1 aliphatic rings. The van der Waals surface area contributed by atoms with Crippen LogP contribution in [0.3, 0.4) is 0 Å². The highest BCUT2D eigenvalue weighted by molar-refractivity contribution is 5.76. The molecule has 1 amide bonds. The lowest BCUT2D eigenvalue weighted by atomic mass is 9.78. The normalized spacial score (nSPS) is 26.2. The Balaban J connectivity index is 1.80. The number of anilines is 1. The van der Waals surface area contributed by atoms with Crippen LogP contribution in [-0.2, 0) is 11.2 Å². The van der Waals surface area contributed by atoms with Crippen molar-refractivity contribution >= 4 is 11.6 Å². The average molecular weight is 274 g/mol. The minimum atomic E-state index is 0.165. The van der Waals surface area contributed by atoms with Crippen LogP contribution in [0, 0.1) is 11.8 Å². The summed E-state index contributed by atoms with van der Waals surface area (Å²) in [5.41, 5.74) is 7.64. The van der Waals surface area contributed by atoms with Gasteiger partial charge in [0.25, 0.3) is 0 Å². The van der Waals surface area contributed by atoms with Gasteiger partial charge in [0, 0.05) is 18.2 Å². The minimum absolute atomic E-state index is 0.165. The van der Waals surface area contributed by atoms with Gasteiger partial charge in [-0.2, -0.15) is 0 Å². The van der Waals surface area contributed by atoms with Gasteiger partial charge in [0.05, 0.1) is 0 Å². The molecule has 3 unspecified atom stereocenters. The topological polar surface area (TPSA) is 55.1 Å². The van der Waals surface area contributed by atoms with Crippen molar-refractivity contribution in [1.29, 1.82) is 0 Å². The van der Waals surface area contributed by atoms with E-state index in [9.17, 15) is 4.79 Å². The number of benzene rings is 1. The van der Waals surface area contributed by atoms with Gasteiger partial charge in [0.15, 0.2) is 0 Å². The van der Waals surface area contributed by atoms with Crippen molar-refractivity contribution in [3.8, 4) is 0 Å². The molecule has 1 aromatic rings. The maximum absolute atomic E-state index is 12.1. The molecule has 0 bridgehead atoms. The van der Waals surface area contributed by atoms with Gasteiger partial charge in [-0.15, -0.1) is 0 Å². The average Bonchev–Trinajstić information content (AvgIpc) is 2.42. The summed E-state index contributed by atoms with van der Waals surface area (Å²) in [6.45, 7) is 4.54. The number of nitrogen functional groups attached to an aromatic ring is 1. The third-order valence-corrected chi connectivity index (χ3v) is 4.64. The van der Waals surface area contributed by atoms with E-state index < -0.39 is 0 Å². The van der Waals surface area contributed by atoms with Crippen molar-refractivity contribution in [2.75, 3.05) is 5.73 Å². The van der Waals surface area contributed by atoms with Gasteiger partial charge in [0.2, 0.25) is 5.91 Å². The highest BCUT2D eigenvalue weighted by Gasteiger charge is 2.27. The predicted molar refractivity (Wildman–Crippen MR) is 83.3 cm³/mol. The summed E-state index contributed by atoms with van der Waals surface area (Å²) in [6, 6.07) is 8.13. The lowest BCUT2D eigenvalue weighted by Crippen LogP contribution is -2.43. The summed E-state index contributed by atoms with van der Waals surface area (Å²) in [7, 11) is 0. The number of carbonyl (C=O) groups excluding carboxylic acids is 1. The Labute approximate surface area is 121 Å². The number of rotatable bonds is 4. The van der Waals surface area contributed by atoms with Crippen LogP contribution in [0.2, 0.25) is 0 Å². The molecule has 3 atom stereocenters. The van der Waals surface area contributed by atoms with Crippen molar-refractivity contribution in [2.45, 2.75) is 52.0 Å². The van der Waals surface area contributed by atoms with Crippen molar-refractivity contribution in [3.63, 3.8) is 0 Å². The second-order valence-corrected chi connectivity index (χ2v) is 6.19. The molecule has 0 aliphatic heterocycles. The van der Waals surface area contributed by atoms with E-state index in [0.29, 0.717) is 24.3 Å². The second kappa shape index (κ2) is 6.78. The van der Waals surface area contributed by atoms with E-state index in [1.54, 1.807) is 0 Å². The molecule has 110 valence electrons. The molecule has 1 fully saturated rings. The molecule has 0 heterocycles. The standard InChI is InChI=1S/C17H26N2O/c1-12-5-3-8-16(13(12)2)19-17(20)10-9-14-6-4-7-15(18)11-14/h4,6-7,11-13,16H,3,5,8-10,18H2,1-2H3,(H,19,20). The lowest BCUT2D eigenvalue weighted by Gasteiger charge is -2.34. The minimum Gasteiger partial charge on any atom is -0.399 e. The van der Waals surface area contributed by atoms with Gasteiger partial charge in [-0.25, -0.2) is 0 Å². The van der Waals surface area contributed by atoms with E-state index >= 15 is 0 Å². The summed E-state index contributed by atoms with van der Waals surface area (Å²) >= 11 is 0. The number of nitrogens with two attached hydrogens (primary N) is 1. The van der Waals surface area contributed by atoms with Crippen LogP contribution in [0.15, 0.2) is 24.3 Å². The first-order chi connectivity index (χ1) is 9.56. The van der Waals surface area contributed by atoms with Gasteiger partial charge in [-0.05, 0) is 42.4 Å². The fourth-order valence-corrected chi connectivity index (χ4v) is 3.07. The van der Waals surface area contributed by atoms with Crippen molar-refractivity contribution in [1.82, 2.24) is 5.32 Å². The maximum atomic E-state index is 12.1. The van der Waals surface area contributed by atoms with Crippen LogP contribution in [0.1, 0.15) is 45.1 Å². The summed E-state index contributed by atoms with van der Waals surface area (Å²) in [5.74, 6) is 1.46. The molecule has 0 spiro atoms. The molecular formula is C17H26N2O. The first-order valence-electron chi connectivity index (χ1n) is 7.70. The largest absolute Gasteiger partial charge is 0.399 e. The van der Waals surface area contributed by atoms with Gasteiger partial charge in [-0.3, -0.25) is 4.79 Å². The second-order valence-electron chi connectivity index (χ2n) is 6.19. The highest BCUT2D eigenvalue weighted by atomic mass is 16.1. The van der Waals surface area contributed by atoms with Crippen LogP contribution < -0.4 is 11.1 Å². The first-order valence-corrected chi connectivity index (χ1v) is 7.70. The van der Waals surface area contributed by atoms with Crippen LogP contribution in [0.4, 0.5) is 5.69 Å². The molecule has 20 heavy (non-hydrogen) atoms. The van der Waals surface area contributed by atoms with Crippen LogP contribution in [0.5, 0.6) is 0 Å². The highest BCUT2D eigenvalue weighted by Crippen LogP contribution is 2.29. The van der Waals surface area contributed by atoms with Crippen molar-refractivity contribution in [2.24, 2.45) is 11.8 Å². The molecular weight excluding hydrogens is 248 g/mol. The molecule has 3 heteroatoms. The SMILES string of the molecule is CC1CCCC(NC(=O)CCc2cccc(N)c2)C1C. The maximum Gasteiger partial charge on any atom is 0.220 e. The van der Waals surface area contributed by atoms with Crippen LogP contribution >= 0.6 is 0 Å². The van der Waals surface area contributed by atoms with Crippen LogP contribution in [-0.4, -0.2) is 11.9 Å². The molecule has 1 saturated carbocycles. The fourth-order valence-electron chi connectivity index (χ4n) is 3.07. The molecule has 1 aliphatic carbocycles. The third-order valence-electron chi connectivity index (χ3n) is 4.64.